The zero-order valence-corrected chi connectivity index (χ0v) is 13.0. The van der Waals surface area contributed by atoms with Crippen molar-refractivity contribution in [2.75, 3.05) is 5.32 Å². The molecule has 0 atom stereocenters. The van der Waals surface area contributed by atoms with Gasteiger partial charge in [0.1, 0.15) is 5.69 Å². The molecule has 0 aliphatic rings. The number of tetrazole rings is 1. The molecule has 3 heterocycles. The standard InChI is InChI=1S/C13H11F3N8O/c1-7-5-6-17-24(7)10-8(3-4-9(18-10)13(14,15)16)11(25)19-12-20-21-22-23(12)2/h3-6H,1-2H3,(H,19,20,22,25). The number of rotatable bonds is 3. The SMILES string of the molecule is Cc1ccnn1-c1nc(C(F)(F)F)ccc1C(=O)Nc1nnnn1C. The minimum absolute atomic E-state index is 0.0352. The minimum atomic E-state index is -4.65. The molecule has 1 N–H and O–H groups in total. The number of aryl methyl sites for hydroxylation is 2. The van der Waals surface area contributed by atoms with Gasteiger partial charge in [0.2, 0.25) is 5.95 Å². The lowest BCUT2D eigenvalue weighted by atomic mass is 10.2. The molecule has 0 aromatic carbocycles. The van der Waals surface area contributed by atoms with Crippen molar-refractivity contribution in [1.82, 2.24) is 35.0 Å². The van der Waals surface area contributed by atoms with Crippen LogP contribution in [0.3, 0.4) is 0 Å². The van der Waals surface area contributed by atoms with E-state index < -0.39 is 17.8 Å². The summed E-state index contributed by atoms with van der Waals surface area (Å²) in [6, 6.07) is 3.34. The van der Waals surface area contributed by atoms with E-state index in [4.69, 9.17) is 0 Å². The number of alkyl halides is 3. The summed E-state index contributed by atoms with van der Waals surface area (Å²) in [7, 11) is 1.50. The highest BCUT2D eigenvalue weighted by Gasteiger charge is 2.34. The van der Waals surface area contributed by atoms with Gasteiger partial charge in [-0.15, -0.1) is 0 Å². The summed E-state index contributed by atoms with van der Waals surface area (Å²) in [6.07, 6.45) is -3.26. The van der Waals surface area contributed by atoms with E-state index >= 15 is 0 Å². The fourth-order valence-corrected chi connectivity index (χ4v) is 2.04. The molecule has 3 aromatic rings. The molecule has 0 radical (unpaired) electrons. The van der Waals surface area contributed by atoms with Gasteiger partial charge >= 0.3 is 6.18 Å². The third kappa shape index (κ3) is 3.18. The van der Waals surface area contributed by atoms with Crippen LogP contribution in [0.4, 0.5) is 19.1 Å². The van der Waals surface area contributed by atoms with Crippen molar-refractivity contribution in [2.45, 2.75) is 13.1 Å². The van der Waals surface area contributed by atoms with E-state index in [1.165, 1.54) is 17.9 Å². The molecule has 0 unspecified atom stereocenters. The quantitative estimate of drug-likeness (QED) is 0.764. The summed E-state index contributed by atoms with van der Waals surface area (Å²) >= 11 is 0. The van der Waals surface area contributed by atoms with Crippen molar-refractivity contribution < 1.29 is 18.0 Å². The molecule has 0 spiro atoms. The molecule has 3 aromatic heterocycles. The number of hydrogen-bond donors (Lipinski definition) is 1. The second-order valence-corrected chi connectivity index (χ2v) is 5.03. The van der Waals surface area contributed by atoms with Crippen LogP contribution in [0.1, 0.15) is 21.7 Å². The fraction of sp³-hybridized carbons (Fsp3) is 0.231. The van der Waals surface area contributed by atoms with Gasteiger partial charge in [-0.3, -0.25) is 10.1 Å². The van der Waals surface area contributed by atoms with Gasteiger partial charge < -0.3 is 0 Å². The number of carbonyl (C=O) groups excluding carboxylic acids is 1. The number of amides is 1. The average molecular weight is 352 g/mol. The lowest BCUT2D eigenvalue weighted by Gasteiger charge is -2.13. The zero-order chi connectivity index (χ0) is 18.2. The highest BCUT2D eigenvalue weighted by atomic mass is 19.4. The summed E-state index contributed by atoms with van der Waals surface area (Å²) in [5.74, 6) is -0.929. The Morgan fingerprint density at radius 2 is 2.00 bits per heavy atom. The molecule has 0 bridgehead atoms. The molecule has 9 nitrogen and oxygen atoms in total. The predicted molar refractivity (Wildman–Crippen MR) is 77.8 cm³/mol. The van der Waals surface area contributed by atoms with Crippen LogP contribution in [0, 0.1) is 6.92 Å². The Kier molecular flexibility index (Phi) is 3.94. The monoisotopic (exact) mass is 352 g/mol. The Morgan fingerprint density at radius 3 is 2.56 bits per heavy atom. The van der Waals surface area contributed by atoms with Crippen molar-refractivity contribution in [1.29, 1.82) is 0 Å². The Labute approximate surface area is 138 Å². The Morgan fingerprint density at radius 1 is 1.24 bits per heavy atom. The van der Waals surface area contributed by atoms with Gasteiger partial charge in [0, 0.05) is 18.9 Å². The van der Waals surface area contributed by atoms with Gasteiger partial charge in [0.25, 0.3) is 5.91 Å². The van der Waals surface area contributed by atoms with Crippen LogP contribution < -0.4 is 5.32 Å². The maximum atomic E-state index is 13.0. The van der Waals surface area contributed by atoms with Crippen LogP contribution in [0.25, 0.3) is 5.82 Å². The topological polar surface area (TPSA) is 103 Å². The number of nitrogens with zero attached hydrogens (tertiary/aromatic N) is 7. The second kappa shape index (κ2) is 5.96. The Balaban J connectivity index is 2.08. The summed E-state index contributed by atoms with van der Waals surface area (Å²) in [5.41, 5.74) is -0.724. The Hall–Kier alpha value is -3.31. The van der Waals surface area contributed by atoms with Crippen LogP contribution in [0.15, 0.2) is 24.4 Å². The molecule has 25 heavy (non-hydrogen) atoms. The van der Waals surface area contributed by atoms with E-state index in [2.05, 4.69) is 30.9 Å². The first-order valence-corrected chi connectivity index (χ1v) is 6.90. The molecular formula is C13H11F3N8O. The van der Waals surface area contributed by atoms with E-state index in [0.29, 0.717) is 5.69 Å². The van der Waals surface area contributed by atoms with Crippen LogP contribution >= 0.6 is 0 Å². The average Bonchev–Trinajstić information content (AvgIpc) is 3.14. The van der Waals surface area contributed by atoms with Crippen LogP contribution in [-0.4, -0.2) is 40.9 Å². The summed E-state index contributed by atoms with van der Waals surface area (Å²) in [4.78, 5) is 16.0. The van der Waals surface area contributed by atoms with Crippen LogP contribution in [-0.2, 0) is 13.2 Å². The highest BCUT2D eigenvalue weighted by Crippen LogP contribution is 2.29. The molecule has 0 saturated heterocycles. The van der Waals surface area contributed by atoms with Gasteiger partial charge in [-0.25, -0.2) is 14.3 Å². The van der Waals surface area contributed by atoms with Gasteiger partial charge in [-0.1, -0.05) is 5.10 Å². The van der Waals surface area contributed by atoms with Gasteiger partial charge in [-0.05, 0) is 35.5 Å². The van der Waals surface area contributed by atoms with Gasteiger partial charge in [0.15, 0.2) is 5.82 Å². The molecule has 12 heteroatoms. The lowest BCUT2D eigenvalue weighted by molar-refractivity contribution is -0.141. The number of aromatic nitrogens is 7. The molecule has 1 amide bonds. The first kappa shape index (κ1) is 16.5. The second-order valence-electron chi connectivity index (χ2n) is 5.03. The van der Waals surface area contributed by atoms with Crippen molar-refractivity contribution in [3.05, 3.63) is 41.3 Å². The molecule has 3 rings (SSSR count). The van der Waals surface area contributed by atoms with E-state index in [1.807, 2.05) is 0 Å². The molecule has 130 valence electrons. The van der Waals surface area contributed by atoms with Crippen molar-refractivity contribution >= 4 is 11.9 Å². The van der Waals surface area contributed by atoms with E-state index in [1.54, 1.807) is 13.0 Å². The number of halogens is 3. The van der Waals surface area contributed by atoms with E-state index in [0.717, 1.165) is 16.8 Å². The van der Waals surface area contributed by atoms with Crippen molar-refractivity contribution in [3.8, 4) is 5.82 Å². The summed E-state index contributed by atoms with van der Waals surface area (Å²) in [5, 5.41) is 16.9. The molecule has 0 aliphatic carbocycles. The molecule has 0 saturated carbocycles. The van der Waals surface area contributed by atoms with Crippen molar-refractivity contribution in [3.63, 3.8) is 0 Å². The van der Waals surface area contributed by atoms with E-state index in [-0.39, 0.29) is 17.3 Å². The summed E-state index contributed by atoms with van der Waals surface area (Å²) in [6.45, 7) is 1.63. The first-order valence-electron chi connectivity index (χ1n) is 6.90. The van der Waals surface area contributed by atoms with Crippen LogP contribution in [0.2, 0.25) is 0 Å². The normalized spacial score (nSPS) is 11.6. The molecule has 0 aliphatic heterocycles. The number of anilines is 1. The van der Waals surface area contributed by atoms with Gasteiger partial charge in [0.05, 0.1) is 5.56 Å². The smallest absolute Gasteiger partial charge is 0.289 e. The molecule has 0 fully saturated rings. The first-order chi connectivity index (χ1) is 11.8. The Bertz CT molecular complexity index is 929. The predicted octanol–water partition coefficient (Wildman–Crippen LogP) is 1.37. The zero-order valence-electron chi connectivity index (χ0n) is 13.0. The lowest BCUT2D eigenvalue weighted by Crippen LogP contribution is -2.21. The number of carbonyl (C=O) groups is 1. The maximum Gasteiger partial charge on any atom is 0.433 e. The number of hydrogen-bond acceptors (Lipinski definition) is 6. The molecular weight excluding hydrogens is 341 g/mol. The maximum absolute atomic E-state index is 13.0. The van der Waals surface area contributed by atoms with Gasteiger partial charge in [-0.2, -0.15) is 18.3 Å². The third-order valence-electron chi connectivity index (χ3n) is 3.29. The largest absolute Gasteiger partial charge is 0.433 e. The third-order valence-corrected chi connectivity index (χ3v) is 3.29. The van der Waals surface area contributed by atoms with Crippen molar-refractivity contribution in [2.24, 2.45) is 7.05 Å². The fourth-order valence-electron chi connectivity index (χ4n) is 2.04. The van der Waals surface area contributed by atoms with E-state index in [9.17, 15) is 18.0 Å². The number of nitrogens with one attached hydrogen (secondary N) is 1. The van der Waals surface area contributed by atoms with Crippen LogP contribution in [0.5, 0.6) is 0 Å². The minimum Gasteiger partial charge on any atom is -0.289 e. The summed E-state index contributed by atoms with van der Waals surface area (Å²) < 4.78 is 41.3. The number of pyridine rings is 1. The highest BCUT2D eigenvalue weighted by molar-refractivity contribution is 6.05.